The zero-order chi connectivity index (χ0) is 13.7. The van der Waals surface area contributed by atoms with Crippen molar-refractivity contribution in [1.29, 1.82) is 0 Å². The maximum Gasteiger partial charge on any atom is 0.0406 e. The minimum Gasteiger partial charge on any atom is -0.311 e. The molecule has 1 unspecified atom stereocenters. The van der Waals surface area contributed by atoms with Crippen molar-refractivity contribution in [3.05, 3.63) is 34.9 Å². The number of benzene rings is 1. The van der Waals surface area contributed by atoms with Gasteiger partial charge < -0.3 is 5.32 Å². The van der Waals surface area contributed by atoms with Gasteiger partial charge in [0.15, 0.2) is 0 Å². The van der Waals surface area contributed by atoms with Gasteiger partial charge in [0.1, 0.15) is 0 Å². The Hall–Kier alpha value is -0.570. The fraction of sp³-hybridized carbons (Fsp3) is 0.625. The Morgan fingerprint density at radius 3 is 2.37 bits per heavy atom. The van der Waals surface area contributed by atoms with Gasteiger partial charge in [0, 0.05) is 24.2 Å². The van der Waals surface area contributed by atoms with Crippen LogP contribution in [-0.4, -0.2) is 30.6 Å². The summed E-state index contributed by atoms with van der Waals surface area (Å²) >= 11 is 5.90. The lowest BCUT2D eigenvalue weighted by molar-refractivity contribution is 0.186. The lowest BCUT2D eigenvalue weighted by Gasteiger charge is -2.31. The summed E-state index contributed by atoms with van der Waals surface area (Å²) < 4.78 is 0. The monoisotopic (exact) mass is 280 g/mol. The molecule has 0 bridgehead atoms. The third-order valence-electron chi connectivity index (χ3n) is 3.98. The van der Waals surface area contributed by atoms with Gasteiger partial charge in [-0.1, -0.05) is 37.6 Å². The van der Waals surface area contributed by atoms with Gasteiger partial charge in [0.05, 0.1) is 0 Å². The lowest BCUT2D eigenvalue weighted by Crippen LogP contribution is -2.44. The Morgan fingerprint density at radius 2 is 1.79 bits per heavy atom. The van der Waals surface area contributed by atoms with Crippen LogP contribution in [0.3, 0.4) is 0 Å². The molecule has 0 amide bonds. The van der Waals surface area contributed by atoms with Crippen LogP contribution < -0.4 is 5.32 Å². The molecule has 1 N–H and O–H groups in total. The largest absolute Gasteiger partial charge is 0.311 e. The summed E-state index contributed by atoms with van der Waals surface area (Å²) in [6.07, 6.45) is 2.72. The lowest BCUT2D eigenvalue weighted by atomic mass is 10.0. The van der Waals surface area contributed by atoms with E-state index < -0.39 is 0 Å². The average Bonchev–Trinajstić information content (AvgIpc) is 2.90. The molecule has 1 aromatic rings. The Labute approximate surface area is 122 Å². The molecule has 0 aliphatic carbocycles. The van der Waals surface area contributed by atoms with Crippen molar-refractivity contribution in [1.82, 2.24) is 10.2 Å². The molecule has 2 nitrogen and oxygen atoms in total. The van der Waals surface area contributed by atoms with E-state index in [1.807, 2.05) is 12.1 Å². The quantitative estimate of drug-likeness (QED) is 0.857. The molecule has 2 rings (SSSR count). The Morgan fingerprint density at radius 1 is 1.16 bits per heavy atom. The van der Waals surface area contributed by atoms with Crippen LogP contribution in [0.1, 0.15) is 32.3 Å². The van der Waals surface area contributed by atoms with Crippen molar-refractivity contribution in [3.63, 3.8) is 0 Å². The van der Waals surface area contributed by atoms with Crippen LogP contribution in [0.4, 0.5) is 0 Å². The summed E-state index contributed by atoms with van der Waals surface area (Å²) in [7, 11) is 0. The number of rotatable bonds is 6. The first-order valence-corrected chi connectivity index (χ1v) is 7.74. The van der Waals surface area contributed by atoms with Gasteiger partial charge in [-0.25, -0.2) is 0 Å². The van der Waals surface area contributed by atoms with Crippen LogP contribution in [0.5, 0.6) is 0 Å². The van der Waals surface area contributed by atoms with E-state index in [-0.39, 0.29) is 0 Å². The van der Waals surface area contributed by atoms with Crippen LogP contribution in [0.25, 0.3) is 0 Å². The maximum atomic E-state index is 5.90. The van der Waals surface area contributed by atoms with Crippen molar-refractivity contribution < 1.29 is 0 Å². The number of likely N-dealkylation sites (tertiary alicyclic amines) is 1. The highest BCUT2D eigenvalue weighted by atomic mass is 35.5. The van der Waals surface area contributed by atoms with Gasteiger partial charge in [0.2, 0.25) is 0 Å². The number of halogens is 1. The zero-order valence-corrected chi connectivity index (χ0v) is 12.8. The molecule has 0 spiro atoms. The van der Waals surface area contributed by atoms with Crippen molar-refractivity contribution in [2.75, 3.05) is 19.6 Å². The molecule has 1 heterocycles. The van der Waals surface area contributed by atoms with E-state index in [2.05, 4.69) is 36.2 Å². The molecular weight excluding hydrogens is 256 g/mol. The highest BCUT2D eigenvalue weighted by Gasteiger charge is 2.23. The fourth-order valence-electron chi connectivity index (χ4n) is 2.83. The zero-order valence-electron chi connectivity index (χ0n) is 12.0. The Balaban J connectivity index is 1.80. The van der Waals surface area contributed by atoms with Crippen LogP contribution >= 0.6 is 11.6 Å². The van der Waals surface area contributed by atoms with E-state index in [9.17, 15) is 0 Å². The number of hydrogen-bond acceptors (Lipinski definition) is 2. The number of hydrogen-bond donors (Lipinski definition) is 1. The normalized spacial score (nSPS) is 18.1. The van der Waals surface area contributed by atoms with E-state index in [1.54, 1.807) is 0 Å². The van der Waals surface area contributed by atoms with E-state index in [0.717, 1.165) is 18.1 Å². The van der Waals surface area contributed by atoms with Gasteiger partial charge in [-0.05, 0) is 49.5 Å². The minimum absolute atomic E-state index is 0.662. The van der Waals surface area contributed by atoms with Crippen LogP contribution in [-0.2, 0) is 6.54 Å². The molecule has 1 saturated heterocycles. The first-order valence-electron chi connectivity index (χ1n) is 7.36. The molecule has 1 aromatic carbocycles. The highest BCUT2D eigenvalue weighted by molar-refractivity contribution is 6.30. The molecule has 0 aromatic heterocycles. The summed E-state index contributed by atoms with van der Waals surface area (Å²) in [4.78, 5) is 2.64. The Kier molecular flexibility index (Phi) is 5.68. The topological polar surface area (TPSA) is 15.3 Å². The van der Waals surface area contributed by atoms with Crippen molar-refractivity contribution in [2.24, 2.45) is 5.92 Å². The van der Waals surface area contributed by atoms with Crippen LogP contribution in [0.2, 0.25) is 5.02 Å². The van der Waals surface area contributed by atoms with Crippen molar-refractivity contribution >= 4 is 11.6 Å². The molecule has 19 heavy (non-hydrogen) atoms. The summed E-state index contributed by atoms with van der Waals surface area (Å²) in [5.41, 5.74) is 1.30. The van der Waals surface area contributed by atoms with E-state index >= 15 is 0 Å². The molecule has 1 fully saturated rings. The second kappa shape index (κ2) is 7.28. The second-order valence-electron chi connectivity index (χ2n) is 5.81. The van der Waals surface area contributed by atoms with Gasteiger partial charge in [-0.15, -0.1) is 0 Å². The number of nitrogens with one attached hydrogen (secondary N) is 1. The minimum atomic E-state index is 0.662. The molecule has 0 saturated carbocycles. The van der Waals surface area contributed by atoms with Crippen molar-refractivity contribution in [2.45, 2.75) is 39.3 Å². The SMILES string of the molecule is CC(C)C(CNCc1ccc(Cl)cc1)N1CCCC1. The second-order valence-corrected chi connectivity index (χ2v) is 6.25. The third-order valence-corrected chi connectivity index (χ3v) is 4.23. The van der Waals surface area contributed by atoms with Gasteiger partial charge in [-0.2, -0.15) is 0 Å². The van der Waals surface area contributed by atoms with Crippen LogP contribution in [0, 0.1) is 5.92 Å². The summed E-state index contributed by atoms with van der Waals surface area (Å²) in [5.74, 6) is 0.704. The van der Waals surface area contributed by atoms with E-state index in [0.29, 0.717) is 12.0 Å². The van der Waals surface area contributed by atoms with Crippen LogP contribution in [0.15, 0.2) is 24.3 Å². The first-order chi connectivity index (χ1) is 9.16. The smallest absolute Gasteiger partial charge is 0.0406 e. The molecule has 3 heteroatoms. The van der Waals surface area contributed by atoms with Gasteiger partial charge >= 0.3 is 0 Å². The predicted octanol–water partition coefficient (Wildman–Crippen LogP) is 3.55. The van der Waals surface area contributed by atoms with Crippen molar-refractivity contribution in [3.8, 4) is 0 Å². The van der Waals surface area contributed by atoms with E-state index in [4.69, 9.17) is 11.6 Å². The molecule has 1 atom stereocenters. The summed E-state index contributed by atoms with van der Waals surface area (Å²) in [6.45, 7) is 9.19. The molecule has 106 valence electrons. The third kappa shape index (κ3) is 4.48. The molecule has 1 aliphatic rings. The average molecular weight is 281 g/mol. The maximum absolute atomic E-state index is 5.90. The molecule has 1 aliphatic heterocycles. The van der Waals surface area contributed by atoms with Gasteiger partial charge in [-0.3, -0.25) is 4.90 Å². The van der Waals surface area contributed by atoms with Gasteiger partial charge in [0.25, 0.3) is 0 Å². The standard InChI is InChI=1S/C16H25ClN2/c1-13(2)16(19-9-3-4-10-19)12-18-11-14-5-7-15(17)8-6-14/h5-8,13,16,18H,3-4,9-12H2,1-2H3. The highest BCUT2D eigenvalue weighted by Crippen LogP contribution is 2.17. The molecule has 0 radical (unpaired) electrons. The predicted molar refractivity (Wildman–Crippen MR) is 82.6 cm³/mol. The summed E-state index contributed by atoms with van der Waals surface area (Å²) in [5, 5.41) is 4.40. The fourth-order valence-corrected chi connectivity index (χ4v) is 2.95. The number of nitrogens with zero attached hydrogens (tertiary/aromatic N) is 1. The first kappa shape index (κ1) is 14.8. The van der Waals surface area contributed by atoms with E-state index in [1.165, 1.54) is 31.5 Å². The summed E-state index contributed by atoms with van der Waals surface area (Å²) in [6, 6.07) is 8.76. The molecular formula is C16H25ClN2. The Bertz CT molecular complexity index is 369.